The van der Waals surface area contributed by atoms with Gasteiger partial charge in [-0.05, 0) is 25.2 Å². The van der Waals surface area contributed by atoms with Gasteiger partial charge in [0.15, 0.2) is 0 Å². The average molecular weight is 156 g/mol. The lowest BCUT2D eigenvalue weighted by atomic mass is 9.84. The lowest BCUT2D eigenvalue weighted by Crippen LogP contribution is -2.19. The molecule has 2 atom stereocenters. The average Bonchev–Trinajstić information content (AvgIpc) is 1.98. The van der Waals surface area contributed by atoms with Gasteiger partial charge in [-0.1, -0.05) is 18.6 Å². The zero-order chi connectivity index (χ0) is 8.27. The van der Waals surface area contributed by atoms with Gasteiger partial charge in [0.05, 0.1) is 12.7 Å². The van der Waals surface area contributed by atoms with Crippen molar-refractivity contribution in [3.63, 3.8) is 0 Å². The molecule has 11 heavy (non-hydrogen) atoms. The Morgan fingerprint density at radius 3 is 2.91 bits per heavy atom. The fourth-order valence-electron chi connectivity index (χ4n) is 1.60. The Morgan fingerprint density at radius 1 is 1.55 bits per heavy atom. The molecule has 0 heterocycles. The molecular weight excluding hydrogens is 140 g/mol. The molecule has 2 heteroatoms. The van der Waals surface area contributed by atoms with Crippen LogP contribution in [0.3, 0.4) is 0 Å². The second-order valence-corrected chi connectivity index (χ2v) is 3.30. The molecule has 0 amide bonds. The van der Waals surface area contributed by atoms with Crippen LogP contribution in [0.2, 0.25) is 0 Å². The Balaban J connectivity index is 2.54. The minimum absolute atomic E-state index is 0.104. The Kier molecular flexibility index (Phi) is 3.09. The van der Waals surface area contributed by atoms with E-state index in [0.717, 1.165) is 19.3 Å². The van der Waals surface area contributed by atoms with E-state index in [0.29, 0.717) is 5.92 Å². The number of rotatable bonds is 1. The van der Waals surface area contributed by atoms with Crippen molar-refractivity contribution in [1.82, 2.24) is 0 Å². The molecule has 0 aromatic carbocycles. The summed E-state index contributed by atoms with van der Waals surface area (Å²) >= 11 is 0. The monoisotopic (exact) mass is 156 g/mol. The molecule has 1 unspecified atom stereocenters. The lowest BCUT2D eigenvalue weighted by Gasteiger charge is -2.25. The zero-order valence-corrected chi connectivity index (χ0v) is 6.95. The molecule has 1 saturated carbocycles. The van der Waals surface area contributed by atoms with Crippen LogP contribution in [0.15, 0.2) is 11.6 Å². The predicted octanol–water partition coefficient (Wildman–Crippen LogP) is 1.09. The highest BCUT2D eigenvalue weighted by Crippen LogP contribution is 2.28. The summed E-state index contributed by atoms with van der Waals surface area (Å²) in [4.78, 5) is 0. The summed E-state index contributed by atoms with van der Waals surface area (Å²) in [5, 5.41) is 18.0. The Hall–Kier alpha value is -0.340. The topological polar surface area (TPSA) is 40.5 Å². The maximum absolute atomic E-state index is 9.30. The van der Waals surface area contributed by atoms with Crippen molar-refractivity contribution in [2.45, 2.75) is 32.3 Å². The van der Waals surface area contributed by atoms with Crippen molar-refractivity contribution in [3.8, 4) is 0 Å². The summed E-state index contributed by atoms with van der Waals surface area (Å²) in [7, 11) is 0. The highest BCUT2D eigenvalue weighted by atomic mass is 16.3. The van der Waals surface area contributed by atoms with E-state index in [-0.39, 0.29) is 12.7 Å². The molecule has 0 aromatic rings. The molecule has 1 aliphatic carbocycles. The van der Waals surface area contributed by atoms with Gasteiger partial charge in [0, 0.05) is 0 Å². The molecule has 0 bridgehead atoms. The van der Waals surface area contributed by atoms with E-state index in [1.807, 2.05) is 6.08 Å². The van der Waals surface area contributed by atoms with Gasteiger partial charge in [0.1, 0.15) is 0 Å². The van der Waals surface area contributed by atoms with Gasteiger partial charge in [-0.25, -0.2) is 0 Å². The Labute approximate surface area is 67.6 Å². The summed E-state index contributed by atoms with van der Waals surface area (Å²) in [6, 6.07) is 0. The summed E-state index contributed by atoms with van der Waals surface area (Å²) in [6.07, 6.45) is 4.36. The second-order valence-electron chi connectivity index (χ2n) is 3.30. The Morgan fingerprint density at radius 2 is 2.27 bits per heavy atom. The van der Waals surface area contributed by atoms with E-state index in [1.54, 1.807) is 0 Å². The van der Waals surface area contributed by atoms with Crippen molar-refractivity contribution in [2.24, 2.45) is 5.92 Å². The van der Waals surface area contributed by atoms with Crippen LogP contribution in [-0.2, 0) is 0 Å². The minimum Gasteiger partial charge on any atom is -0.393 e. The SMILES string of the molecule is CC1CC[C@H](O)C/C1=C/CO. The number of hydrogen-bond donors (Lipinski definition) is 2. The van der Waals surface area contributed by atoms with E-state index < -0.39 is 0 Å². The molecule has 0 aromatic heterocycles. The maximum Gasteiger partial charge on any atom is 0.0615 e. The first-order valence-corrected chi connectivity index (χ1v) is 4.22. The molecule has 64 valence electrons. The van der Waals surface area contributed by atoms with E-state index >= 15 is 0 Å². The van der Waals surface area contributed by atoms with Crippen molar-refractivity contribution in [1.29, 1.82) is 0 Å². The largest absolute Gasteiger partial charge is 0.393 e. The molecule has 1 aliphatic rings. The molecule has 2 nitrogen and oxygen atoms in total. The first-order valence-electron chi connectivity index (χ1n) is 4.22. The summed E-state index contributed by atoms with van der Waals surface area (Å²) in [5.74, 6) is 0.547. The molecule has 0 saturated heterocycles. The van der Waals surface area contributed by atoms with Gasteiger partial charge in [-0.3, -0.25) is 0 Å². The van der Waals surface area contributed by atoms with Gasteiger partial charge in [0.2, 0.25) is 0 Å². The van der Waals surface area contributed by atoms with Crippen LogP contribution in [0.25, 0.3) is 0 Å². The van der Waals surface area contributed by atoms with E-state index in [1.165, 1.54) is 5.57 Å². The van der Waals surface area contributed by atoms with E-state index in [4.69, 9.17) is 5.11 Å². The standard InChI is InChI=1S/C9H16O2/c1-7-2-3-9(11)6-8(7)4-5-10/h4,7,9-11H,2-3,5-6H2,1H3/b8-4-/t7?,9-/m0/s1. The van der Waals surface area contributed by atoms with E-state index in [2.05, 4.69) is 6.92 Å². The molecule has 0 aliphatic heterocycles. The molecule has 0 radical (unpaired) electrons. The number of aliphatic hydroxyl groups excluding tert-OH is 2. The molecule has 1 fully saturated rings. The molecule has 1 rings (SSSR count). The molecular formula is C9H16O2. The van der Waals surface area contributed by atoms with Crippen LogP contribution in [0, 0.1) is 5.92 Å². The van der Waals surface area contributed by atoms with Gasteiger partial charge in [-0.2, -0.15) is 0 Å². The van der Waals surface area contributed by atoms with Crippen LogP contribution in [0.4, 0.5) is 0 Å². The normalized spacial score (nSPS) is 36.1. The third-order valence-electron chi connectivity index (χ3n) is 2.39. The van der Waals surface area contributed by atoms with Crippen molar-refractivity contribution in [2.75, 3.05) is 6.61 Å². The van der Waals surface area contributed by atoms with Crippen LogP contribution < -0.4 is 0 Å². The fraction of sp³-hybridized carbons (Fsp3) is 0.778. The second kappa shape index (κ2) is 3.88. The number of aliphatic hydroxyl groups is 2. The third kappa shape index (κ3) is 2.31. The van der Waals surface area contributed by atoms with Gasteiger partial charge in [0.25, 0.3) is 0 Å². The third-order valence-corrected chi connectivity index (χ3v) is 2.39. The van der Waals surface area contributed by atoms with Gasteiger partial charge in [-0.15, -0.1) is 0 Å². The van der Waals surface area contributed by atoms with Crippen molar-refractivity contribution in [3.05, 3.63) is 11.6 Å². The molecule has 0 spiro atoms. The maximum atomic E-state index is 9.30. The zero-order valence-electron chi connectivity index (χ0n) is 6.95. The lowest BCUT2D eigenvalue weighted by molar-refractivity contribution is 0.137. The highest BCUT2D eigenvalue weighted by Gasteiger charge is 2.19. The van der Waals surface area contributed by atoms with Crippen LogP contribution >= 0.6 is 0 Å². The predicted molar refractivity (Wildman–Crippen MR) is 44.2 cm³/mol. The first kappa shape index (κ1) is 8.75. The van der Waals surface area contributed by atoms with Gasteiger partial charge >= 0.3 is 0 Å². The quantitative estimate of drug-likeness (QED) is 0.558. The number of hydrogen-bond acceptors (Lipinski definition) is 2. The summed E-state index contributed by atoms with van der Waals surface area (Å²) in [5.41, 5.74) is 1.21. The summed E-state index contributed by atoms with van der Waals surface area (Å²) < 4.78 is 0. The van der Waals surface area contributed by atoms with Crippen LogP contribution in [0.5, 0.6) is 0 Å². The van der Waals surface area contributed by atoms with E-state index in [9.17, 15) is 5.11 Å². The van der Waals surface area contributed by atoms with Gasteiger partial charge < -0.3 is 10.2 Å². The molecule has 2 N–H and O–H groups in total. The van der Waals surface area contributed by atoms with Crippen molar-refractivity contribution >= 4 is 0 Å². The smallest absolute Gasteiger partial charge is 0.0615 e. The fourth-order valence-corrected chi connectivity index (χ4v) is 1.60. The minimum atomic E-state index is -0.177. The van der Waals surface area contributed by atoms with Crippen LogP contribution in [0.1, 0.15) is 26.2 Å². The highest BCUT2D eigenvalue weighted by molar-refractivity contribution is 5.09. The van der Waals surface area contributed by atoms with Crippen LogP contribution in [-0.4, -0.2) is 22.9 Å². The Bertz CT molecular complexity index is 152. The first-order chi connectivity index (χ1) is 5.24. The van der Waals surface area contributed by atoms with Crippen molar-refractivity contribution < 1.29 is 10.2 Å². The summed E-state index contributed by atoms with van der Waals surface area (Å²) in [6.45, 7) is 2.25.